The monoisotopic (exact) mass is 326 g/mol. The molecule has 0 aliphatic heterocycles. The minimum absolute atomic E-state index is 0.209. The zero-order chi connectivity index (χ0) is 13.9. The number of thiazole rings is 1. The fourth-order valence-corrected chi connectivity index (χ4v) is 2.83. The standard InChI is InChI=1S/C12H8Cl2N4OS/c13-6-9-10(14)16-12(20-9)19-11-15-7-18(17-11)8-4-2-1-3-5-8/h1-5,7H,6H2. The van der Waals surface area contributed by atoms with E-state index in [0.717, 1.165) is 10.6 Å². The van der Waals surface area contributed by atoms with Gasteiger partial charge in [-0.15, -0.1) is 16.7 Å². The molecule has 0 N–H and O–H groups in total. The van der Waals surface area contributed by atoms with Crippen LogP contribution < -0.4 is 4.74 Å². The average molecular weight is 327 g/mol. The van der Waals surface area contributed by atoms with E-state index in [1.807, 2.05) is 30.3 Å². The summed E-state index contributed by atoms with van der Waals surface area (Å²) in [6.45, 7) is 0. The van der Waals surface area contributed by atoms with Crippen molar-refractivity contribution in [3.8, 4) is 16.9 Å². The lowest BCUT2D eigenvalue weighted by Crippen LogP contribution is -1.94. The molecular weight excluding hydrogens is 319 g/mol. The van der Waals surface area contributed by atoms with E-state index < -0.39 is 0 Å². The van der Waals surface area contributed by atoms with Gasteiger partial charge in [0, 0.05) is 0 Å². The molecule has 0 fully saturated rings. The molecule has 0 amide bonds. The van der Waals surface area contributed by atoms with Crippen molar-refractivity contribution < 1.29 is 4.74 Å². The molecule has 0 atom stereocenters. The number of benzene rings is 1. The summed E-state index contributed by atoms with van der Waals surface area (Å²) in [5, 5.41) is 4.94. The summed E-state index contributed by atoms with van der Waals surface area (Å²) in [6, 6.07) is 9.83. The Morgan fingerprint density at radius 3 is 2.75 bits per heavy atom. The van der Waals surface area contributed by atoms with E-state index in [1.54, 1.807) is 11.0 Å². The van der Waals surface area contributed by atoms with E-state index in [0.29, 0.717) is 16.2 Å². The van der Waals surface area contributed by atoms with Gasteiger partial charge in [0.1, 0.15) is 11.5 Å². The van der Waals surface area contributed by atoms with Gasteiger partial charge in [0.05, 0.1) is 16.4 Å². The van der Waals surface area contributed by atoms with Crippen LogP contribution in [0.25, 0.3) is 5.69 Å². The van der Waals surface area contributed by atoms with Crippen molar-refractivity contribution in [2.45, 2.75) is 5.88 Å². The maximum absolute atomic E-state index is 5.90. The molecule has 3 aromatic rings. The van der Waals surface area contributed by atoms with Crippen molar-refractivity contribution in [3.05, 3.63) is 46.7 Å². The van der Waals surface area contributed by atoms with Gasteiger partial charge in [0.2, 0.25) is 0 Å². The Morgan fingerprint density at radius 1 is 1.25 bits per heavy atom. The number of hydrogen-bond donors (Lipinski definition) is 0. The smallest absolute Gasteiger partial charge is 0.343 e. The Balaban J connectivity index is 1.80. The van der Waals surface area contributed by atoms with Crippen LogP contribution in [0.4, 0.5) is 0 Å². The summed E-state index contributed by atoms with van der Waals surface area (Å²) in [4.78, 5) is 8.88. The van der Waals surface area contributed by atoms with Crippen LogP contribution >= 0.6 is 34.5 Å². The van der Waals surface area contributed by atoms with Gasteiger partial charge in [-0.1, -0.05) is 41.1 Å². The summed E-state index contributed by atoms with van der Waals surface area (Å²) in [5.41, 5.74) is 0.897. The number of para-hydroxylation sites is 1. The van der Waals surface area contributed by atoms with Gasteiger partial charge in [-0.25, -0.2) is 4.68 Å². The molecule has 0 bridgehead atoms. The van der Waals surface area contributed by atoms with Gasteiger partial charge in [0.25, 0.3) is 5.19 Å². The first-order valence-electron chi connectivity index (χ1n) is 5.62. The molecule has 102 valence electrons. The highest BCUT2D eigenvalue weighted by molar-refractivity contribution is 7.14. The molecule has 2 heterocycles. The van der Waals surface area contributed by atoms with E-state index in [-0.39, 0.29) is 6.01 Å². The molecule has 0 saturated carbocycles. The molecule has 2 aromatic heterocycles. The number of alkyl halides is 1. The van der Waals surface area contributed by atoms with E-state index in [2.05, 4.69) is 15.1 Å². The predicted molar refractivity (Wildman–Crippen MR) is 78.1 cm³/mol. The van der Waals surface area contributed by atoms with Crippen molar-refractivity contribution in [2.24, 2.45) is 0 Å². The highest BCUT2D eigenvalue weighted by atomic mass is 35.5. The first kappa shape index (κ1) is 13.4. The lowest BCUT2D eigenvalue weighted by Gasteiger charge is -1.97. The van der Waals surface area contributed by atoms with Crippen LogP contribution in [-0.2, 0) is 5.88 Å². The maximum Gasteiger partial charge on any atom is 0.343 e. The molecule has 20 heavy (non-hydrogen) atoms. The Kier molecular flexibility index (Phi) is 3.86. The van der Waals surface area contributed by atoms with Crippen molar-refractivity contribution in [1.82, 2.24) is 19.7 Å². The van der Waals surface area contributed by atoms with Crippen LogP contribution in [-0.4, -0.2) is 19.7 Å². The second kappa shape index (κ2) is 5.78. The number of ether oxygens (including phenoxy) is 1. The maximum atomic E-state index is 5.90. The lowest BCUT2D eigenvalue weighted by atomic mass is 10.3. The lowest BCUT2D eigenvalue weighted by molar-refractivity contribution is 0.438. The molecule has 0 aliphatic rings. The van der Waals surface area contributed by atoms with E-state index in [4.69, 9.17) is 27.9 Å². The van der Waals surface area contributed by atoms with Crippen LogP contribution in [0.15, 0.2) is 36.7 Å². The van der Waals surface area contributed by atoms with Crippen LogP contribution in [0.5, 0.6) is 11.2 Å². The van der Waals surface area contributed by atoms with Gasteiger partial charge in [-0.3, -0.25) is 0 Å². The first-order valence-corrected chi connectivity index (χ1v) is 7.35. The topological polar surface area (TPSA) is 52.8 Å². The third-order valence-corrected chi connectivity index (χ3v) is 4.21. The minimum atomic E-state index is 0.209. The van der Waals surface area contributed by atoms with Gasteiger partial charge in [-0.05, 0) is 12.1 Å². The summed E-state index contributed by atoms with van der Waals surface area (Å²) >= 11 is 12.9. The number of rotatable bonds is 4. The highest BCUT2D eigenvalue weighted by Gasteiger charge is 2.12. The molecule has 5 nitrogen and oxygen atoms in total. The molecule has 0 radical (unpaired) electrons. The fraction of sp³-hybridized carbons (Fsp3) is 0.0833. The van der Waals surface area contributed by atoms with Crippen molar-refractivity contribution in [1.29, 1.82) is 0 Å². The predicted octanol–water partition coefficient (Wildman–Crippen LogP) is 3.91. The van der Waals surface area contributed by atoms with Gasteiger partial charge < -0.3 is 4.74 Å². The normalized spacial score (nSPS) is 10.7. The minimum Gasteiger partial charge on any atom is -0.394 e. The van der Waals surface area contributed by atoms with Crippen molar-refractivity contribution >= 4 is 34.5 Å². The molecule has 3 rings (SSSR count). The molecule has 0 unspecified atom stereocenters. The third-order valence-electron chi connectivity index (χ3n) is 2.42. The Bertz CT molecular complexity index is 713. The second-order valence-corrected chi connectivity index (χ2v) is 5.41. The average Bonchev–Trinajstić information content (AvgIpc) is 3.07. The Morgan fingerprint density at radius 2 is 2.05 bits per heavy atom. The number of nitrogens with zero attached hydrogens (tertiary/aromatic N) is 4. The number of hydrogen-bond acceptors (Lipinski definition) is 5. The van der Waals surface area contributed by atoms with Crippen LogP contribution in [0, 0.1) is 0 Å². The molecule has 0 spiro atoms. The molecule has 0 saturated heterocycles. The number of aromatic nitrogens is 4. The summed E-state index contributed by atoms with van der Waals surface area (Å²) in [6.07, 6.45) is 1.57. The summed E-state index contributed by atoms with van der Waals surface area (Å²) in [5.74, 6) is 0.297. The quantitative estimate of drug-likeness (QED) is 0.682. The van der Waals surface area contributed by atoms with E-state index in [1.165, 1.54) is 11.3 Å². The zero-order valence-electron chi connectivity index (χ0n) is 10.0. The van der Waals surface area contributed by atoms with Crippen molar-refractivity contribution in [3.63, 3.8) is 0 Å². The largest absolute Gasteiger partial charge is 0.394 e. The fourth-order valence-electron chi connectivity index (χ4n) is 1.52. The van der Waals surface area contributed by atoms with E-state index >= 15 is 0 Å². The van der Waals surface area contributed by atoms with Crippen LogP contribution in [0.3, 0.4) is 0 Å². The Hall–Kier alpha value is -1.63. The zero-order valence-corrected chi connectivity index (χ0v) is 12.4. The van der Waals surface area contributed by atoms with Crippen LogP contribution in [0.1, 0.15) is 4.88 Å². The summed E-state index contributed by atoms with van der Waals surface area (Å²) in [7, 11) is 0. The molecular formula is C12H8Cl2N4OS. The molecule has 1 aromatic carbocycles. The molecule has 8 heteroatoms. The van der Waals surface area contributed by atoms with E-state index in [9.17, 15) is 0 Å². The van der Waals surface area contributed by atoms with Gasteiger partial charge in [0.15, 0.2) is 0 Å². The molecule has 0 aliphatic carbocycles. The first-order chi connectivity index (χ1) is 9.76. The second-order valence-electron chi connectivity index (χ2n) is 3.74. The van der Waals surface area contributed by atoms with Gasteiger partial charge in [-0.2, -0.15) is 9.97 Å². The summed E-state index contributed by atoms with van der Waals surface area (Å²) < 4.78 is 7.08. The van der Waals surface area contributed by atoms with Crippen LogP contribution in [0.2, 0.25) is 5.15 Å². The Labute approximate surface area is 128 Å². The SMILES string of the molecule is ClCc1sc(Oc2ncn(-c3ccccc3)n2)nc1Cl. The highest BCUT2D eigenvalue weighted by Crippen LogP contribution is 2.31. The third kappa shape index (κ3) is 2.77. The van der Waals surface area contributed by atoms with Gasteiger partial charge >= 0.3 is 6.01 Å². The van der Waals surface area contributed by atoms with Crippen molar-refractivity contribution in [2.75, 3.05) is 0 Å². The number of halogens is 2.